The average Bonchev–Trinajstić information content (AvgIpc) is 3.04. The first-order chi connectivity index (χ1) is 12.0. The molecule has 0 aliphatic carbocycles. The van der Waals surface area contributed by atoms with Crippen LogP contribution in [0.25, 0.3) is 10.9 Å². The molecule has 1 aliphatic rings. The number of rotatable bonds is 5. The number of pyridine rings is 1. The first-order valence-electron chi connectivity index (χ1n) is 8.46. The number of nitrogens with zero attached hydrogens (tertiary/aromatic N) is 2. The molecule has 1 unspecified atom stereocenters. The van der Waals surface area contributed by atoms with Gasteiger partial charge in [-0.2, -0.15) is 0 Å². The molecule has 3 rings (SSSR count). The number of hydrogen-bond donors (Lipinski definition) is 1. The maximum Gasteiger partial charge on any atom is 0.272 e. The van der Waals surface area contributed by atoms with E-state index in [1.807, 2.05) is 37.3 Å². The van der Waals surface area contributed by atoms with Gasteiger partial charge in [0, 0.05) is 32.1 Å². The fourth-order valence-electron chi connectivity index (χ4n) is 3.15. The van der Waals surface area contributed by atoms with Gasteiger partial charge in [-0.05, 0) is 25.5 Å². The fraction of sp³-hybridized carbons (Fsp3) is 0.421. The molecule has 0 saturated carbocycles. The molecular weight excluding hydrogens is 318 g/mol. The minimum absolute atomic E-state index is 0.0358. The summed E-state index contributed by atoms with van der Waals surface area (Å²) < 4.78 is 4.95. The third-order valence-corrected chi connectivity index (χ3v) is 4.72. The van der Waals surface area contributed by atoms with Gasteiger partial charge in [-0.3, -0.25) is 9.59 Å². The SMILES string of the molecule is COCCNC(=O)C1(C)CCN(C(=O)c2ccc3ccccc3n2)C1. The molecule has 6 nitrogen and oxygen atoms in total. The Morgan fingerprint density at radius 1 is 1.28 bits per heavy atom. The van der Waals surface area contributed by atoms with E-state index < -0.39 is 5.41 Å². The Bertz CT molecular complexity index is 792. The zero-order chi connectivity index (χ0) is 17.9. The van der Waals surface area contributed by atoms with E-state index in [1.165, 1.54) is 0 Å². The molecule has 2 heterocycles. The maximum absolute atomic E-state index is 12.8. The van der Waals surface area contributed by atoms with Crippen molar-refractivity contribution in [1.29, 1.82) is 0 Å². The summed E-state index contributed by atoms with van der Waals surface area (Å²) in [6, 6.07) is 11.4. The number of likely N-dealkylation sites (tertiary alicyclic amines) is 1. The summed E-state index contributed by atoms with van der Waals surface area (Å²) in [5, 5.41) is 3.87. The van der Waals surface area contributed by atoms with Gasteiger partial charge in [-0.1, -0.05) is 24.3 Å². The highest BCUT2D eigenvalue weighted by atomic mass is 16.5. The van der Waals surface area contributed by atoms with E-state index in [1.54, 1.807) is 18.1 Å². The monoisotopic (exact) mass is 341 g/mol. The number of para-hydroxylation sites is 1. The molecule has 0 radical (unpaired) electrons. The average molecular weight is 341 g/mol. The third kappa shape index (κ3) is 3.64. The van der Waals surface area contributed by atoms with Gasteiger partial charge in [0.05, 0.1) is 17.5 Å². The minimum Gasteiger partial charge on any atom is -0.383 e. The van der Waals surface area contributed by atoms with Gasteiger partial charge in [0.25, 0.3) is 5.91 Å². The molecule has 1 saturated heterocycles. The Hall–Kier alpha value is -2.47. The van der Waals surface area contributed by atoms with E-state index in [-0.39, 0.29) is 11.8 Å². The van der Waals surface area contributed by atoms with Crippen molar-refractivity contribution in [2.24, 2.45) is 5.41 Å². The Balaban J connectivity index is 1.69. The quantitative estimate of drug-likeness (QED) is 0.843. The van der Waals surface area contributed by atoms with Crippen molar-refractivity contribution in [3.05, 3.63) is 42.1 Å². The molecule has 2 amide bonds. The van der Waals surface area contributed by atoms with Gasteiger partial charge in [0.2, 0.25) is 5.91 Å². The van der Waals surface area contributed by atoms with Gasteiger partial charge in [-0.15, -0.1) is 0 Å². The second kappa shape index (κ2) is 7.19. The largest absolute Gasteiger partial charge is 0.383 e. The van der Waals surface area contributed by atoms with Crippen molar-refractivity contribution >= 4 is 22.7 Å². The molecule has 1 N–H and O–H groups in total. The summed E-state index contributed by atoms with van der Waals surface area (Å²) in [6.45, 7) is 3.81. The number of methoxy groups -OCH3 is 1. The second-order valence-electron chi connectivity index (χ2n) is 6.68. The van der Waals surface area contributed by atoms with Crippen LogP contribution in [0.5, 0.6) is 0 Å². The van der Waals surface area contributed by atoms with Crippen LogP contribution >= 0.6 is 0 Å². The number of nitrogens with one attached hydrogen (secondary N) is 1. The van der Waals surface area contributed by atoms with Gasteiger partial charge >= 0.3 is 0 Å². The predicted molar refractivity (Wildman–Crippen MR) is 95.3 cm³/mol. The van der Waals surface area contributed by atoms with Crippen LogP contribution < -0.4 is 5.32 Å². The molecule has 1 aromatic heterocycles. The number of carbonyl (C=O) groups is 2. The Morgan fingerprint density at radius 2 is 2.08 bits per heavy atom. The van der Waals surface area contributed by atoms with E-state index in [9.17, 15) is 9.59 Å². The Kier molecular flexibility index (Phi) is 4.99. The number of hydrogen-bond acceptors (Lipinski definition) is 4. The summed E-state index contributed by atoms with van der Waals surface area (Å²) >= 11 is 0. The summed E-state index contributed by atoms with van der Waals surface area (Å²) in [6.07, 6.45) is 0.644. The van der Waals surface area contributed by atoms with E-state index >= 15 is 0 Å². The lowest BCUT2D eigenvalue weighted by Gasteiger charge is -2.23. The number of amides is 2. The number of carbonyl (C=O) groups excluding carboxylic acids is 2. The summed E-state index contributed by atoms with van der Waals surface area (Å²) in [5.74, 6) is -0.162. The predicted octanol–water partition coefficient (Wildman–Crippen LogP) is 1.85. The smallest absolute Gasteiger partial charge is 0.272 e. The van der Waals surface area contributed by atoms with E-state index in [2.05, 4.69) is 10.3 Å². The molecule has 132 valence electrons. The van der Waals surface area contributed by atoms with E-state index in [0.717, 1.165) is 10.9 Å². The fourth-order valence-corrected chi connectivity index (χ4v) is 3.15. The molecular formula is C19H23N3O3. The molecule has 0 spiro atoms. The van der Waals surface area contributed by atoms with Crippen molar-refractivity contribution in [2.45, 2.75) is 13.3 Å². The first kappa shape index (κ1) is 17.4. The van der Waals surface area contributed by atoms with Crippen LogP contribution in [0.1, 0.15) is 23.8 Å². The van der Waals surface area contributed by atoms with Gasteiger partial charge in [-0.25, -0.2) is 4.98 Å². The number of benzene rings is 1. The molecule has 2 aromatic rings. The molecule has 0 bridgehead atoms. The van der Waals surface area contributed by atoms with Crippen molar-refractivity contribution < 1.29 is 14.3 Å². The van der Waals surface area contributed by atoms with Crippen LogP contribution in [0.15, 0.2) is 36.4 Å². The topological polar surface area (TPSA) is 71.5 Å². The van der Waals surface area contributed by atoms with Crippen LogP contribution in [-0.2, 0) is 9.53 Å². The zero-order valence-corrected chi connectivity index (χ0v) is 14.6. The van der Waals surface area contributed by atoms with Gasteiger partial charge < -0.3 is 15.0 Å². The molecule has 1 atom stereocenters. The number of aromatic nitrogens is 1. The van der Waals surface area contributed by atoms with E-state index in [4.69, 9.17) is 4.74 Å². The van der Waals surface area contributed by atoms with Crippen molar-refractivity contribution in [3.8, 4) is 0 Å². The minimum atomic E-state index is -0.569. The standard InChI is InChI=1S/C19H23N3O3/c1-19(18(24)20-10-12-25-2)9-11-22(13-19)17(23)16-8-7-14-5-3-4-6-15(14)21-16/h3-8H,9-13H2,1-2H3,(H,20,24). The van der Waals surface area contributed by atoms with Crippen molar-refractivity contribution in [2.75, 3.05) is 33.4 Å². The highest BCUT2D eigenvalue weighted by Crippen LogP contribution is 2.31. The normalized spacial score (nSPS) is 20.0. The first-order valence-corrected chi connectivity index (χ1v) is 8.46. The van der Waals surface area contributed by atoms with E-state index in [0.29, 0.717) is 38.4 Å². The molecule has 1 aliphatic heterocycles. The highest BCUT2D eigenvalue weighted by molar-refractivity contribution is 5.96. The van der Waals surface area contributed by atoms with Crippen molar-refractivity contribution in [1.82, 2.24) is 15.2 Å². The van der Waals surface area contributed by atoms with Gasteiger partial charge in [0.15, 0.2) is 0 Å². The summed E-state index contributed by atoms with van der Waals surface area (Å²) in [5.41, 5.74) is 0.649. The Labute approximate surface area is 147 Å². The third-order valence-electron chi connectivity index (χ3n) is 4.72. The van der Waals surface area contributed by atoms with Crippen LogP contribution in [0, 0.1) is 5.41 Å². The van der Waals surface area contributed by atoms with Crippen LogP contribution in [0.4, 0.5) is 0 Å². The van der Waals surface area contributed by atoms with Crippen LogP contribution in [-0.4, -0.2) is 55.0 Å². The number of fused-ring (bicyclic) bond motifs is 1. The van der Waals surface area contributed by atoms with Gasteiger partial charge in [0.1, 0.15) is 5.69 Å². The molecule has 6 heteroatoms. The molecule has 1 fully saturated rings. The Morgan fingerprint density at radius 3 is 2.88 bits per heavy atom. The summed E-state index contributed by atoms with van der Waals surface area (Å²) in [7, 11) is 1.60. The lowest BCUT2D eigenvalue weighted by molar-refractivity contribution is -0.129. The van der Waals surface area contributed by atoms with Crippen LogP contribution in [0.2, 0.25) is 0 Å². The maximum atomic E-state index is 12.8. The number of ether oxygens (including phenoxy) is 1. The lowest BCUT2D eigenvalue weighted by Crippen LogP contribution is -2.43. The lowest BCUT2D eigenvalue weighted by atomic mass is 9.89. The summed E-state index contributed by atoms with van der Waals surface area (Å²) in [4.78, 5) is 31.4. The molecule has 25 heavy (non-hydrogen) atoms. The van der Waals surface area contributed by atoms with Crippen molar-refractivity contribution in [3.63, 3.8) is 0 Å². The zero-order valence-electron chi connectivity index (χ0n) is 14.6. The highest BCUT2D eigenvalue weighted by Gasteiger charge is 2.42. The second-order valence-corrected chi connectivity index (χ2v) is 6.68. The van der Waals surface area contributed by atoms with Crippen LogP contribution in [0.3, 0.4) is 0 Å². The molecule has 1 aromatic carbocycles.